The Kier molecular flexibility index (Phi) is 5.59. The van der Waals surface area contributed by atoms with Gasteiger partial charge < -0.3 is 10.0 Å². The number of β-amino-alcohol motifs (C(OH)–C–C–N with tert-alkyl or cyclic N) is 1. The maximum Gasteiger partial charge on any atom is 0.147 e. The standard InChI is InChI=1S/C23H32N4OS/c28-19-13-23(17-27(15-19)22-14-24-9-10-25-22)7-11-26(12-8-23)16-20-5-6-21(29-20)18-3-1-2-4-18/h5-6,9-10,14,18-19,28H,1-4,7-8,11-13,15-17H2. The Hall–Kier alpha value is -1.50. The summed E-state index contributed by atoms with van der Waals surface area (Å²) < 4.78 is 0. The van der Waals surface area contributed by atoms with Crippen LogP contribution < -0.4 is 4.90 Å². The van der Waals surface area contributed by atoms with Crippen LogP contribution in [0.15, 0.2) is 30.7 Å². The molecule has 1 N–H and O–H groups in total. The largest absolute Gasteiger partial charge is 0.391 e. The third-order valence-electron chi connectivity index (χ3n) is 7.24. The fourth-order valence-electron chi connectivity index (χ4n) is 5.66. The molecule has 0 amide bonds. The monoisotopic (exact) mass is 412 g/mol. The van der Waals surface area contributed by atoms with Crippen LogP contribution in [-0.4, -0.2) is 52.3 Å². The highest BCUT2D eigenvalue weighted by atomic mass is 32.1. The minimum absolute atomic E-state index is 0.205. The number of aliphatic hydroxyl groups is 1. The molecule has 5 rings (SSSR count). The average Bonchev–Trinajstić information content (AvgIpc) is 3.42. The molecule has 3 aliphatic rings. The van der Waals surface area contributed by atoms with Crippen LogP contribution in [0.25, 0.3) is 0 Å². The quantitative estimate of drug-likeness (QED) is 0.821. The van der Waals surface area contributed by atoms with Gasteiger partial charge in [-0.1, -0.05) is 12.8 Å². The average molecular weight is 413 g/mol. The maximum atomic E-state index is 10.6. The minimum Gasteiger partial charge on any atom is -0.391 e. The second kappa shape index (κ2) is 8.32. The van der Waals surface area contributed by atoms with Gasteiger partial charge in [-0.2, -0.15) is 0 Å². The molecule has 29 heavy (non-hydrogen) atoms. The van der Waals surface area contributed by atoms with Crippen molar-refractivity contribution in [3.63, 3.8) is 0 Å². The van der Waals surface area contributed by atoms with Crippen molar-refractivity contribution in [1.82, 2.24) is 14.9 Å². The Morgan fingerprint density at radius 3 is 2.72 bits per heavy atom. The summed E-state index contributed by atoms with van der Waals surface area (Å²) in [6.07, 6.45) is 13.8. The van der Waals surface area contributed by atoms with Crippen molar-refractivity contribution in [1.29, 1.82) is 0 Å². The molecule has 3 fully saturated rings. The van der Waals surface area contributed by atoms with Crippen molar-refractivity contribution in [2.75, 3.05) is 31.1 Å². The molecule has 2 aromatic heterocycles. The first-order valence-corrected chi connectivity index (χ1v) is 12.0. The van der Waals surface area contributed by atoms with Crippen LogP contribution in [0.2, 0.25) is 0 Å². The molecular formula is C23H32N4OS. The number of hydrogen-bond donors (Lipinski definition) is 1. The zero-order valence-electron chi connectivity index (χ0n) is 17.2. The van der Waals surface area contributed by atoms with E-state index in [0.717, 1.165) is 57.2 Å². The van der Waals surface area contributed by atoms with Crippen molar-refractivity contribution >= 4 is 17.2 Å². The third kappa shape index (κ3) is 4.35. The summed E-state index contributed by atoms with van der Waals surface area (Å²) in [7, 11) is 0. The van der Waals surface area contributed by atoms with Crippen molar-refractivity contribution in [2.45, 2.75) is 63.5 Å². The van der Waals surface area contributed by atoms with E-state index in [1.54, 1.807) is 17.3 Å². The Morgan fingerprint density at radius 1 is 1.14 bits per heavy atom. The molecule has 1 saturated carbocycles. The molecule has 1 atom stereocenters. The molecule has 6 heteroatoms. The highest BCUT2D eigenvalue weighted by Crippen LogP contribution is 2.42. The number of likely N-dealkylation sites (tertiary alicyclic amines) is 1. The van der Waals surface area contributed by atoms with Crippen LogP contribution >= 0.6 is 11.3 Å². The fraction of sp³-hybridized carbons (Fsp3) is 0.652. The van der Waals surface area contributed by atoms with Gasteiger partial charge in [-0.05, 0) is 68.7 Å². The van der Waals surface area contributed by atoms with Gasteiger partial charge in [0.15, 0.2) is 0 Å². The summed E-state index contributed by atoms with van der Waals surface area (Å²) in [5.41, 5.74) is 0.205. The van der Waals surface area contributed by atoms with Crippen LogP contribution in [0.3, 0.4) is 0 Å². The first-order chi connectivity index (χ1) is 14.2. The second-order valence-electron chi connectivity index (χ2n) is 9.36. The van der Waals surface area contributed by atoms with Crippen molar-refractivity contribution in [3.8, 4) is 0 Å². The molecule has 0 radical (unpaired) electrons. The first kappa shape index (κ1) is 19.5. The van der Waals surface area contributed by atoms with E-state index < -0.39 is 0 Å². The lowest BCUT2D eigenvalue weighted by Gasteiger charge is -2.49. The predicted molar refractivity (Wildman–Crippen MR) is 117 cm³/mol. The molecule has 2 aromatic rings. The maximum absolute atomic E-state index is 10.6. The number of rotatable bonds is 4. The number of piperidine rings is 2. The van der Waals surface area contributed by atoms with E-state index in [9.17, 15) is 5.11 Å². The summed E-state index contributed by atoms with van der Waals surface area (Å²) in [5, 5.41) is 10.6. The van der Waals surface area contributed by atoms with E-state index in [0.29, 0.717) is 6.54 Å². The Bertz CT molecular complexity index is 796. The third-order valence-corrected chi connectivity index (χ3v) is 8.47. The summed E-state index contributed by atoms with van der Waals surface area (Å²) in [4.78, 5) is 16.7. The number of nitrogens with zero attached hydrogens (tertiary/aromatic N) is 4. The van der Waals surface area contributed by atoms with Crippen molar-refractivity contribution in [3.05, 3.63) is 40.5 Å². The zero-order chi connectivity index (χ0) is 19.7. The van der Waals surface area contributed by atoms with Gasteiger partial charge in [-0.15, -0.1) is 11.3 Å². The van der Waals surface area contributed by atoms with E-state index >= 15 is 0 Å². The van der Waals surface area contributed by atoms with Crippen LogP contribution in [0.1, 0.15) is 60.6 Å². The molecule has 5 nitrogen and oxygen atoms in total. The number of hydrogen-bond acceptors (Lipinski definition) is 6. The van der Waals surface area contributed by atoms with Crippen LogP contribution in [0.5, 0.6) is 0 Å². The van der Waals surface area contributed by atoms with E-state index in [-0.39, 0.29) is 11.5 Å². The van der Waals surface area contributed by atoms with E-state index in [2.05, 4.69) is 31.9 Å². The van der Waals surface area contributed by atoms with Gasteiger partial charge in [0.25, 0.3) is 0 Å². The van der Waals surface area contributed by atoms with Crippen molar-refractivity contribution < 1.29 is 5.11 Å². The summed E-state index contributed by atoms with van der Waals surface area (Å²) in [6, 6.07) is 4.75. The smallest absolute Gasteiger partial charge is 0.147 e. The van der Waals surface area contributed by atoms with Crippen LogP contribution in [0, 0.1) is 5.41 Å². The number of thiophene rings is 1. The Morgan fingerprint density at radius 2 is 1.97 bits per heavy atom. The summed E-state index contributed by atoms with van der Waals surface area (Å²) in [5.74, 6) is 1.72. The lowest BCUT2D eigenvalue weighted by molar-refractivity contribution is 0.0246. The van der Waals surface area contributed by atoms with Crippen LogP contribution in [0.4, 0.5) is 5.82 Å². The van der Waals surface area contributed by atoms with Gasteiger partial charge in [0.05, 0.1) is 12.3 Å². The molecule has 0 aromatic carbocycles. The second-order valence-corrected chi connectivity index (χ2v) is 10.6. The van der Waals surface area contributed by atoms with Gasteiger partial charge in [0, 0.05) is 41.8 Å². The fourth-order valence-corrected chi connectivity index (χ4v) is 6.88. The van der Waals surface area contributed by atoms with E-state index in [1.807, 2.05) is 17.5 Å². The van der Waals surface area contributed by atoms with E-state index in [1.165, 1.54) is 30.6 Å². The summed E-state index contributed by atoms with van der Waals surface area (Å²) in [6.45, 7) is 4.99. The molecule has 1 aliphatic carbocycles. The first-order valence-electron chi connectivity index (χ1n) is 11.2. The SMILES string of the molecule is OC1CN(c2cnccn2)CC2(CCN(Cc3ccc(C4CCCC4)s3)CC2)C1. The van der Waals surface area contributed by atoms with Gasteiger partial charge in [-0.25, -0.2) is 4.98 Å². The normalized spacial score (nSPS) is 25.7. The summed E-state index contributed by atoms with van der Waals surface area (Å²) >= 11 is 2.04. The molecular weight excluding hydrogens is 380 g/mol. The molecule has 4 heterocycles. The molecule has 1 unspecified atom stereocenters. The van der Waals surface area contributed by atoms with Gasteiger partial charge in [0.1, 0.15) is 5.82 Å². The van der Waals surface area contributed by atoms with Crippen LogP contribution in [-0.2, 0) is 6.54 Å². The molecule has 2 saturated heterocycles. The lowest BCUT2D eigenvalue weighted by atomic mass is 9.71. The predicted octanol–water partition coefficient (Wildman–Crippen LogP) is 4.05. The molecule has 2 aliphatic heterocycles. The van der Waals surface area contributed by atoms with Crippen molar-refractivity contribution in [2.24, 2.45) is 5.41 Å². The van der Waals surface area contributed by atoms with E-state index in [4.69, 9.17) is 0 Å². The minimum atomic E-state index is -0.274. The topological polar surface area (TPSA) is 52.5 Å². The van der Waals surface area contributed by atoms with Gasteiger partial charge >= 0.3 is 0 Å². The Balaban J connectivity index is 1.19. The van der Waals surface area contributed by atoms with Gasteiger partial charge in [-0.3, -0.25) is 9.88 Å². The molecule has 156 valence electrons. The molecule has 0 bridgehead atoms. The number of aliphatic hydroxyl groups excluding tert-OH is 1. The van der Waals surface area contributed by atoms with Gasteiger partial charge in [0.2, 0.25) is 0 Å². The Labute approximate surface area is 177 Å². The highest BCUT2D eigenvalue weighted by Gasteiger charge is 2.42. The highest BCUT2D eigenvalue weighted by molar-refractivity contribution is 7.12. The number of anilines is 1. The number of aromatic nitrogens is 2. The zero-order valence-corrected chi connectivity index (χ0v) is 18.0. The lowest BCUT2D eigenvalue weighted by Crippen LogP contribution is -2.54. The molecule has 1 spiro atoms.